The van der Waals surface area contributed by atoms with Crippen molar-refractivity contribution >= 4 is 5.82 Å². The molecule has 0 unspecified atom stereocenters. The van der Waals surface area contributed by atoms with Gasteiger partial charge in [0, 0.05) is 25.2 Å². The van der Waals surface area contributed by atoms with Gasteiger partial charge in [0.15, 0.2) is 5.82 Å². The molecule has 0 amide bonds. The van der Waals surface area contributed by atoms with E-state index in [0.29, 0.717) is 0 Å². The third-order valence-electron chi connectivity index (χ3n) is 3.96. The van der Waals surface area contributed by atoms with Crippen molar-refractivity contribution in [1.29, 1.82) is 0 Å². The van der Waals surface area contributed by atoms with Crippen molar-refractivity contribution < 1.29 is 0 Å². The lowest BCUT2D eigenvalue weighted by atomic mass is 10.1. The Morgan fingerprint density at radius 3 is 2.65 bits per heavy atom. The lowest BCUT2D eigenvalue weighted by Crippen LogP contribution is -2.28. The van der Waals surface area contributed by atoms with Crippen LogP contribution in [-0.2, 0) is 0 Å². The molecular formula is C16H22N4. The van der Waals surface area contributed by atoms with E-state index in [-0.39, 0.29) is 0 Å². The monoisotopic (exact) mass is 270 g/mol. The van der Waals surface area contributed by atoms with Gasteiger partial charge in [-0.25, -0.2) is 0 Å². The first kappa shape index (κ1) is 13.2. The third-order valence-corrected chi connectivity index (χ3v) is 3.96. The minimum absolute atomic E-state index is 1.03. The summed E-state index contributed by atoms with van der Waals surface area (Å²) in [6, 6.07) is 8.60. The molecule has 0 atom stereocenters. The number of benzene rings is 1. The molecule has 2 N–H and O–H groups in total. The molecule has 2 aromatic rings. The van der Waals surface area contributed by atoms with Crippen LogP contribution in [0, 0.1) is 13.8 Å². The number of rotatable bonds is 2. The molecule has 0 aliphatic carbocycles. The molecular weight excluding hydrogens is 248 g/mol. The van der Waals surface area contributed by atoms with Gasteiger partial charge in [0.25, 0.3) is 0 Å². The van der Waals surface area contributed by atoms with Crippen LogP contribution in [0.5, 0.6) is 0 Å². The third kappa shape index (κ3) is 2.56. The van der Waals surface area contributed by atoms with Crippen molar-refractivity contribution in [3.8, 4) is 11.3 Å². The highest BCUT2D eigenvalue weighted by atomic mass is 15.3. The number of aromatic amines is 1. The summed E-state index contributed by atoms with van der Waals surface area (Å²) in [5, 5.41) is 11.2. The maximum absolute atomic E-state index is 4.55. The van der Waals surface area contributed by atoms with Crippen LogP contribution in [0.25, 0.3) is 11.3 Å². The first-order valence-electron chi connectivity index (χ1n) is 7.33. The quantitative estimate of drug-likeness (QED) is 0.881. The smallest absolute Gasteiger partial charge is 0.153 e. The van der Waals surface area contributed by atoms with E-state index in [1.165, 1.54) is 23.1 Å². The van der Waals surface area contributed by atoms with Crippen LogP contribution in [0.15, 0.2) is 24.3 Å². The normalized spacial score (nSPS) is 16.2. The van der Waals surface area contributed by atoms with Gasteiger partial charge >= 0.3 is 0 Å². The first-order chi connectivity index (χ1) is 9.75. The number of H-pyrrole nitrogens is 1. The van der Waals surface area contributed by atoms with Gasteiger partial charge in [0.05, 0.1) is 5.69 Å². The van der Waals surface area contributed by atoms with Crippen molar-refractivity contribution in [2.75, 3.05) is 31.1 Å². The number of aryl methyl sites for hydroxylation is 1. The van der Waals surface area contributed by atoms with Gasteiger partial charge in [-0.15, -0.1) is 0 Å². The van der Waals surface area contributed by atoms with Crippen LogP contribution in [0.1, 0.15) is 17.5 Å². The molecule has 4 heteroatoms. The maximum Gasteiger partial charge on any atom is 0.153 e. The molecule has 4 nitrogen and oxygen atoms in total. The minimum Gasteiger partial charge on any atom is -0.354 e. The summed E-state index contributed by atoms with van der Waals surface area (Å²) in [7, 11) is 0. The van der Waals surface area contributed by atoms with Crippen molar-refractivity contribution in [1.82, 2.24) is 15.5 Å². The van der Waals surface area contributed by atoms with Gasteiger partial charge in [-0.1, -0.05) is 29.8 Å². The molecule has 1 aromatic heterocycles. The van der Waals surface area contributed by atoms with Crippen LogP contribution in [0.3, 0.4) is 0 Å². The van der Waals surface area contributed by atoms with Crippen LogP contribution in [0.2, 0.25) is 0 Å². The lowest BCUT2D eigenvalue weighted by molar-refractivity contribution is 0.724. The molecule has 0 spiro atoms. The highest BCUT2D eigenvalue weighted by molar-refractivity contribution is 5.69. The zero-order chi connectivity index (χ0) is 13.9. The fourth-order valence-corrected chi connectivity index (χ4v) is 2.76. The molecule has 106 valence electrons. The largest absolute Gasteiger partial charge is 0.354 e. The highest BCUT2D eigenvalue weighted by Gasteiger charge is 2.17. The van der Waals surface area contributed by atoms with E-state index in [4.69, 9.17) is 0 Å². The van der Waals surface area contributed by atoms with Gasteiger partial charge in [-0.2, -0.15) is 5.10 Å². The van der Waals surface area contributed by atoms with E-state index in [2.05, 4.69) is 58.5 Å². The van der Waals surface area contributed by atoms with Gasteiger partial charge in [0.2, 0.25) is 0 Å². The molecule has 1 aliphatic heterocycles. The van der Waals surface area contributed by atoms with Gasteiger partial charge < -0.3 is 10.2 Å². The zero-order valence-electron chi connectivity index (χ0n) is 12.2. The number of nitrogens with one attached hydrogen (secondary N) is 2. The maximum atomic E-state index is 4.55. The fraction of sp³-hybridized carbons (Fsp3) is 0.438. The summed E-state index contributed by atoms with van der Waals surface area (Å²) in [6.45, 7) is 8.51. The van der Waals surface area contributed by atoms with Gasteiger partial charge in [-0.05, 0) is 32.4 Å². The fourth-order valence-electron chi connectivity index (χ4n) is 2.76. The molecule has 0 bridgehead atoms. The Labute approximate surface area is 120 Å². The van der Waals surface area contributed by atoms with Crippen LogP contribution in [0.4, 0.5) is 5.82 Å². The lowest BCUT2D eigenvalue weighted by Gasteiger charge is -2.20. The van der Waals surface area contributed by atoms with Crippen LogP contribution >= 0.6 is 0 Å². The molecule has 2 heterocycles. The van der Waals surface area contributed by atoms with Crippen molar-refractivity contribution in [2.24, 2.45) is 0 Å². The number of aromatic nitrogens is 2. The van der Waals surface area contributed by atoms with E-state index in [1.54, 1.807) is 0 Å². The number of hydrogen-bond acceptors (Lipinski definition) is 3. The Balaban J connectivity index is 1.89. The Hall–Kier alpha value is -1.81. The SMILES string of the molecule is Cc1ccc(-c2[nH]nc(N3CCCNCC3)c2C)cc1. The van der Waals surface area contributed by atoms with E-state index < -0.39 is 0 Å². The Morgan fingerprint density at radius 2 is 1.85 bits per heavy atom. The molecule has 0 radical (unpaired) electrons. The second kappa shape index (κ2) is 5.67. The number of nitrogens with zero attached hydrogens (tertiary/aromatic N) is 2. The summed E-state index contributed by atoms with van der Waals surface area (Å²) in [4.78, 5) is 2.38. The van der Waals surface area contributed by atoms with Crippen LogP contribution < -0.4 is 10.2 Å². The second-order valence-corrected chi connectivity index (χ2v) is 5.50. The standard InChI is InChI=1S/C16H22N4/c1-12-4-6-14(7-5-12)15-13(2)16(19-18-15)20-10-3-8-17-9-11-20/h4-7,17H,3,8-11H2,1-2H3,(H,18,19). The molecule has 20 heavy (non-hydrogen) atoms. The van der Waals surface area contributed by atoms with Crippen molar-refractivity contribution in [3.63, 3.8) is 0 Å². The number of hydrogen-bond donors (Lipinski definition) is 2. The molecule has 3 rings (SSSR count). The molecule has 1 aromatic carbocycles. The predicted octanol–water partition coefficient (Wildman–Crippen LogP) is 2.49. The Kier molecular flexibility index (Phi) is 3.74. The average Bonchev–Trinajstić information content (AvgIpc) is 2.67. The summed E-state index contributed by atoms with van der Waals surface area (Å²) in [5.41, 5.74) is 4.87. The predicted molar refractivity (Wildman–Crippen MR) is 83.2 cm³/mol. The summed E-state index contributed by atoms with van der Waals surface area (Å²) >= 11 is 0. The topological polar surface area (TPSA) is 44.0 Å². The summed E-state index contributed by atoms with van der Waals surface area (Å²) in [6.07, 6.45) is 1.17. The van der Waals surface area contributed by atoms with Crippen molar-refractivity contribution in [2.45, 2.75) is 20.3 Å². The Bertz CT molecular complexity index is 563. The Morgan fingerprint density at radius 1 is 1.05 bits per heavy atom. The van der Waals surface area contributed by atoms with Gasteiger partial charge in [-0.3, -0.25) is 5.10 Å². The van der Waals surface area contributed by atoms with Crippen LogP contribution in [-0.4, -0.2) is 36.4 Å². The van der Waals surface area contributed by atoms with E-state index >= 15 is 0 Å². The summed E-state index contributed by atoms with van der Waals surface area (Å²) in [5.74, 6) is 1.10. The first-order valence-corrected chi connectivity index (χ1v) is 7.33. The second-order valence-electron chi connectivity index (χ2n) is 5.50. The molecule has 0 saturated carbocycles. The minimum atomic E-state index is 1.03. The molecule has 1 fully saturated rings. The molecule has 1 saturated heterocycles. The molecule has 1 aliphatic rings. The highest BCUT2D eigenvalue weighted by Crippen LogP contribution is 2.28. The van der Waals surface area contributed by atoms with E-state index in [9.17, 15) is 0 Å². The van der Waals surface area contributed by atoms with Gasteiger partial charge in [0.1, 0.15) is 0 Å². The van der Waals surface area contributed by atoms with Crippen molar-refractivity contribution in [3.05, 3.63) is 35.4 Å². The van der Waals surface area contributed by atoms with E-state index in [0.717, 1.165) is 37.7 Å². The average molecular weight is 270 g/mol. The zero-order valence-corrected chi connectivity index (χ0v) is 12.2. The summed E-state index contributed by atoms with van der Waals surface area (Å²) < 4.78 is 0. The number of anilines is 1. The van der Waals surface area contributed by atoms with E-state index in [1.807, 2.05) is 0 Å².